The largest absolute Gasteiger partial charge is 0.370 e. The van der Waals surface area contributed by atoms with Gasteiger partial charge in [-0.15, -0.1) is 11.3 Å². The number of nitrogens with zero attached hydrogens (tertiary/aromatic N) is 1. The Morgan fingerprint density at radius 1 is 1.11 bits per heavy atom. The third-order valence-corrected chi connectivity index (χ3v) is 3.83. The molecule has 0 aliphatic heterocycles. The molecule has 1 aromatic carbocycles. The van der Waals surface area contributed by atoms with E-state index in [0.717, 1.165) is 18.1 Å². The van der Waals surface area contributed by atoms with Crippen molar-refractivity contribution in [3.8, 4) is 11.3 Å². The van der Waals surface area contributed by atoms with Crippen molar-refractivity contribution in [2.45, 2.75) is 6.92 Å². The predicted octanol–water partition coefficient (Wildman–Crippen LogP) is 4.40. The smallest absolute Gasteiger partial charge is 0.126 e. The van der Waals surface area contributed by atoms with E-state index in [2.05, 4.69) is 52.9 Å². The molecule has 0 aliphatic rings. The maximum absolute atomic E-state index is 4.66. The van der Waals surface area contributed by atoms with Crippen LogP contribution in [0.2, 0.25) is 0 Å². The molecule has 0 atom stereocenters. The lowest BCUT2D eigenvalue weighted by atomic mass is 10.1. The summed E-state index contributed by atoms with van der Waals surface area (Å²) in [6, 6.07) is 14.6. The average molecular weight is 254 g/mol. The van der Waals surface area contributed by atoms with E-state index < -0.39 is 0 Å². The van der Waals surface area contributed by atoms with Crippen LogP contribution in [0.3, 0.4) is 0 Å². The number of fused-ring (bicyclic) bond motifs is 1. The summed E-state index contributed by atoms with van der Waals surface area (Å²) in [4.78, 5) is 4.66. The zero-order valence-corrected chi connectivity index (χ0v) is 11.0. The standard InChI is InChI=1S/C15H14N2S/c1-2-16-14-8-4-7-13(17-14)12-6-3-5-11-9-10-18-15(11)12/h3-10H,2H2,1H3,(H,16,17). The van der Waals surface area contributed by atoms with Crippen LogP contribution >= 0.6 is 11.3 Å². The first-order valence-electron chi connectivity index (χ1n) is 6.06. The van der Waals surface area contributed by atoms with Gasteiger partial charge in [-0.2, -0.15) is 0 Å². The summed E-state index contributed by atoms with van der Waals surface area (Å²) in [5.74, 6) is 0.934. The van der Waals surface area contributed by atoms with Crippen molar-refractivity contribution in [2.75, 3.05) is 11.9 Å². The maximum Gasteiger partial charge on any atom is 0.126 e. The fourth-order valence-electron chi connectivity index (χ4n) is 2.06. The molecule has 2 heterocycles. The molecule has 2 nitrogen and oxygen atoms in total. The Hall–Kier alpha value is -1.87. The van der Waals surface area contributed by atoms with E-state index in [0.29, 0.717) is 0 Å². The van der Waals surface area contributed by atoms with Gasteiger partial charge in [-0.25, -0.2) is 4.98 Å². The Bertz CT molecular complexity index is 673. The van der Waals surface area contributed by atoms with Crippen LogP contribution < -0.4 is 5.32 Å². The molecule has 90 valence electrons. The lowest BCUT2D eigenvalue weighted by Gasteiger charge is -2.06. The third-order valence-electron chi connectivity index (χ3n) is 2.86. The molecule has 0 spiro atoms. The third kappa shape index (κ3) is 1.97. The second-order valence-electron chi connectivity index (χ2n) is 4.08. The van der Waals surface area contributed by atoms with Crippen LogP contribution in [-0.4, -0.2) is 11.5 Å². The zero-order valence-electron chi connectivity index (χ0n) is 10.2. The number of anilines is 1. The van der Waals surface area contributed by atoms with Gasteiger partial charge in [0.1, 0.15) is 5.82 Å². The first-order chi connectivity index (χ1) is 8.88. The number of pyridine rings is 1. The van der Waals surface area contributed by atoms with Crippen molar-refractivity contribution in [1.82, 2.24) is 4.98 Å². The van der Waals surface area contributed by atoms with Crippen LogP contribution in [0.15, 0.2) is 47.8 Å². The summed E-state index contributed by atoms with van der Waals surface area (Å²) in [6.07, 6.45) is 0. The zero-order chi connectivity index (χ0) is 12.4. The minimum absolute atomic E-state index is 0.889. The van der Waals surface area contributed by atoms with Crippen LogP contribution in [0.5, 0.6) is 0 Å². The topological polar surface area (TPSA) is 24.9 Å². The minimum Gasteiger partial charge on any atom is -0.370 e. The van der Waals surface area contributed by atoms with E-state index in [9.17, 15) is 0 Å². The fourth-order valence-corrected chi connectivity index (χ4v) is 2.98. The summed E-state index contributed by atoms with van der Waals surface area (Å²) in [6.45, 7) is 2.97. The van der Waals surface area contributed by atoms with Gasteiger partial charge in [-0.05, 0) is 35.9 Å². The number of hydrogen-bond donors (Lipinski definition) is 1. The van der Waals surface area contributed by atoms with Crippen LogP contribution in [0.25, 0.3) is 21.3 Å². The number of nitrogens with one attached hydrogen (secondary N) is 1. The van der Waals surface area contributed by atoms with Gasteiger partial charge in [0.05, 0.1) is 5.69 Å². The molecular formula is C15H14N2S. The summed E-state index contributed by atoms with van der Waals surface area (Å²) in [7, 11) is 0. The van der Waals surface area contributed by atoms with E-state index in [-0.39, 0.29) is 0 Å². The molecular weight excluding hydrogens is 240 g/mol. The van der Waals surface area contributed by atoms with E-state index in [4.69, 9.17) is 0 Å². The van der Waals surface area contributed by atoms with Crippen molar-refractivity contribution in [2.24, 2.45) is 0 Å². The molecule has 0 aliphatic carbocycles. The maximum atomic E-state index is 4.66. The number of hydrogen-bond acceptors (Lipinski definition) is 3. The van der Waals surface area contributed by atoms with Crippen LogP contribution in [0, 0.1) is 0 Å². The van der Waals surface area contributed by atoms with Crippen LogP contribution in [0.1, 0.15) is 6.92 Å². The second kappa shape index (κ2) is 4.78. The second-order valence-corrected chi connectivity index (χ2v) is 5.00. The summed E-state index contributed by atoms with van der Waals surface area (Å²) >= 11 is 1.77. The normalized spacial score (nSPS) is 10.7. The van der Waals surface area contributed by atoms with E-state index >= 15 is 0 Å². The molecule has 0 fully saturated rings. The van der Waals surface area contributed by atoms with Gasteiger partial charge in [0, 0.05) is 16.8 Å². The predicted molar refractivity (Wildman–Crippen MR) is 79.2 cm³/mol. The lowest BCUT2D eigenvalue weighted by Crippen LogP contribution is -1.99. The number of thiophene rings is 1. The van der Waals surface area contributed by atoms with Gasteiger partial charge >= 0.3 is 0 Å². The molecule has 0 bridgehead atoms. The monoisotopic (exact) mass is 254 g/mol. The van der Waals surface area contributed by atoms with Crippen LogP contribution in [-0.2, 0) is 0 Å². The highest BCUT2D eigenvalue weighted by Gasteiger charge is 2.06. The van der Waals surface area contributed by atoms with Gasteiger partial charge in [0.25, 0.3) is 0 Å². The van der Waals surface area contributed by atoms with E-state index in [1.807, 2.05) is 12.1 Å². The van der Waals surface area contributed by atoms with Gasteiger partial charge in [-0.3, -0.25) is 0 Å². The highest BCUT2D eigenvalue weighted by molar-refractivity contribution is 7.17. The molecule has 0 unspecified atom stereocenters. The summed E-state index contributed by atoms with van der Waals surface area (Å²) in [5.41, 5.74) is 2.24. The highest BCUT2D eigenvalue weighted by Crippen LogP contribution is 2.31. The summed E-state index contributed by atoms with van der Waals surface area (Å²) in [5, 5.41) is 6.66. The van der Waals surface area contributed by atoms with Crippen molar-refractivity contribution >= 4 is 27.2 Å². The van der Waals surface area contributed by atoms with Crippen molar-refractivity contribution < 1.29 is 0 Å². The SMILES string of the molecule is CCNc1cccc(-c2cccc3ccsc23)n1. The Balaban J connectivity index is 2.13. The van der Waals surface area contributed by atoms with Crippen molar-refractivity contribution in [3.63, 3.8) is 0 Å². The van der Waals surface area contributed by atoms with E-state index in [1.165, 1.54) is 15.6 Å². The molecule has 3 aromatic rings. The van der Waals surface area contributed by atoms with Crippen molar-refractivity contribution in [1.29, 1.82) is 0 Å². The molecule has 0 amide bonds. The van der Waals surface area contributed by atoms with Gasteiger partial charge < -0.3 is 5.32 Å². The average Bonchev–Trinajstić information content (AvgIpc) is 2.87. The van der Waals surface area contributed by atoms with Gasteiger partial charge in [0.2, 0.25) is 0 Å². The molecule has 3 rings (SSSR count). The molecule has 0 radical (unpaired) electrons. The fraction of sp³-hybridized carbons (Fsp3) is 0.133. The summed E-state index contributed by atoms with van der Waals surface area (Å²) < 4.78 is 1.30. The quantitative estimate of drug-likeness (QED) is 0.749. The minimum atomic E-state index is 0.889. The lowest BCUT2D eigenvalue weighted by molar-refractivity contribution is 1.16. The van der Waals surface area contributed by atoms with Gasteiger partial charge in [0.15, 0.2) is 0 Å². The van der Waals surface area contributed by atoms with Gasteiger partial charge in [-0.1, -0.05) is 24.3 Å². The Labute approximate surface area is 110 Å². The highest BCUT2D eigenvalue weighted by atomic mass is 32.1. The molecule has 1 N–H and O–H groups in total. The first kappa shape index (κ1) is 11.2. The van der Waals surface area contributed by atoms with Crippen molar-refractivity contribution in [3.05, 3.63) is 47.8 Å². The van der Waals surface area contributed by atoms with Crippen LogP contribution in [0.4, 0.5) is 5.82 Å². The number of rotatable bonds is 3. The number of benzene rings is 1. The first-order valence-corrected chi connectivity index (χ1v) is 6.94. The molecule has 3 heteroatoms. The Kier molecular flexibility index (Phi) is 2.99. The molecule has 0 saturated carbocycles. The molecule has 0 saturated heterocycles. The molecule has 2 aromatic heterocycles. The number of aromatic nitrogens is 1. The molecule has 18 heavy (non-hydrogen) atoms. The Morgan fingerprint density at radius 3 is 2.89 bits per heavy atom. The Morgan fingerprint density at radius 2 is 2.00 bits per heavy atom. The van der Waals surface area contributed by atoms with E-state index in [1.54, 1.807) is 11.3 Å².